The first-order valence-corrected chi connectivity index (χ1v) is 9.93. The molecule has 31 heavy (non-hydrogen) atoms. The molecule has 5 heteroatoms. The number of rotatable bonds is 4. The van der Waals surface area contributed by atoms with E-state index in [4.69, 9.17) is 0 Å². The van der Waals surface area contributed by atoms with Gasteiger partial charge in [0.2, 0.25) is 0 Å². The van der Waals surface area contributed by atoms with Crippen LogP contribution in [0.1, 0.15) is 11.1 Å². The predicted octanol–water partition coefficient (Wildman–Crippen LogP) is 5.24. The number of benzene rings is 3. The largest absolute Gasteiger partial charge is 0.333 e. The maximum Gasteiger partial charge on any atom is 0.195 e. The number of nitrogens with zero attached hydrogens (tertiary/aromatic N) is 3. The van der Waals surface area contributed by atoms with Gasteiger partial charge < -0.3 is 4.98 Å². The Kier molecular flexibility index (Phi) is 4.74. The first-order chi connectivity index (χ1) is 15.2. The van der Waals surface area contributed by atoms with Crippen LogP contribution in [0.5, 0.6) is 0 Å². The lowest BCUT2D eigenvalue weighted by Gasteiger charge is -2.05. The van der Waals surface area contributed by atoms with Gasteiger partial charge in [0.05, 0.1) is 17.2 Å². The van der Waals surface area contributed by atoms with Crippen LogP contribution in [0.4, 0.5) is 4.39 Å². The Morgan fingerprint density at radius 1 is 0.903 bits per heavy atom. The van der Waals surface area contributed by atoms with E-state index in [-0.39, 0.29) is 5.82 Å². The van der Waals surface area contributed by atoms with Gasteiger partial charge in [0, 0.05) is 11.6 Å². The third-order valence-corrected chi connectivity index (χ3v) is 5.29. The second kappa shape index (κ2) is 7.85. The number of nitriles is 1. The van der Waals surface area contributed by atoms with Gasteiger partial charge >= 0.3 is 0 Å². The zero-order valence-corrected chi connectivity index (χ0v) is 16.6. The lowest BCUT2D eigenvalue weighted by Crippen LogP contribution is -2.33. The Morgan fingerprint density at radius 3 is 2.42 bits per heavy atom. The molecule has 0 unspecified atom stereocenters. The Bertz CT molecular complexity index is 1430. The molecule has 5 aromatic rings. The molecule has 4 nitrogen and oxygen atoms in total. The van der Waals surface area contributed by atoms with Crippen LogP contribution in [0.15, 0.2) is 91.3 Å². The predicted molar refractivity (Wildman–Crippen MR) is 117 cm³/mol. The number of fused-ring (bicyclic) bond motifs is 1. The van der Waals surface area contributed by atoms with Gasteiger partial charge in [-0.15, -0.1) is 0 Å². The van der Waals surface area contributed by atoms with E-state index in [1.54, 1.807) is 18.2 Å². The molecule has 0 saturated carbocycles. The number of imidazole rings is 1. The molecule has 0 spiro atoms. The van der Waals surface area contributed by atoms with Crippen molar-refractivity contribution in [2.24, 2.45) is 0 Å². The molecule has 148 valence electrons. The Labute approximate surface area is 178 Å². The SMILES string of the molecule is N#Cc1ccccc1-c1ccc(C[n+]2ccc3nc(-c4ccccc4F)[nH]c3c2)cc1. The quantitative estimate of drug-likeness (QED) is 0.416. The summed E-state index contributed by atoms with van der Waals surface area (Å²) in [5.41, 5.74) is 5.85. The number of hydrogen-bond donors (Lipinski definition) is 1. The van der Waals surface area contributed by atoms with E-state index in [1.807, 2.05) is 54.9 Å². The summed E-state index contributed by atoms with van der Waals surface area (Å²) in [6, 6.07) is 26.6. The number of hydrogen-bond acceptors (Lipinski definition) is 2. The molecule has 0 bridgehead atoms. The lowest BCUT2D eigenvalue weighted by atomic mass is 9.99. The van der Waals surface area contributed by atoms with Gasteiger partial charge in [-0.1, -0.05) is 54.6 Å². The fourth-order valence-electron chi connectivity index (χ4n) is 3.71. The summed E-state index contributed by atoms with van der Waals surface area (Å²) in [5, 5.41) is 9.32. The van der Waals surface area contributed by atoms with Crippen LogP contribution in [0.25, 0.3) is 33.5 Å². The molecule has 0 atom stereocenters. The summed E-state index contributed by atoms with van der Waals surface area (Å²) in [4.78, 5) is 7.74. The molecule has 3 aromatic carbocycles. The molecule has 0 aliphatic carbocycles. The maximum absolute atomic E-state index is 14.1. The number of aromatic amines is 1. The number of halogens is 1. The monoisotopic (exact) mass is 405 g/mol. The molecule has 2 aromatic heterocycles. The van der Waals surface area contributed by atoms with Crippen LogP contribution in [0.3, 0.4) is 0 Å². The Morgan fingerprint density at radius 2 is 1.65 bits per heavy atom. The second-order valence-corrected chi connectivity index (χ2v) is 7.34. The number of aromatic nitrogens is 3. The highest BCUT2D eigenvalue weighted by Gasteiger charge is 2.13. The Hall–Kier alpha value is -4.30. The van der Waals surface area contributed by atoms with E-state index in [0.29, 0.717) is 23.5 Å². The highest BCUT2D eigenvalue weighted by Crippen LogP contribution is 2.24. The standard InChI is InChI=1S/C26H17FN4/c27-23-8-4-3-7-22(23)26-29-24-13-14-31(17-25(24)30-26)16-18-9-11-19(12-10-18)21-6-2-1-5-20(21)15-28/h1-14,17H,16H2/p+1. The average Bonchev–Trinajstić information content (AvgIpc) is 3.23. The lowest BCUT2D eigenvalue weighted by molar-refractivity contribution is -0.687. The van der Waals surface area contributed by atoms with Crippen LogP contribution in [-0.4, -0.2) is 9.97 Å². The fourth-order valence-corrected chi connectivity index (χ4v) is 3.71. The van der Waals surface area contributed by atoms with Crippen molar-refractivity contribution in [2.45, 2.75) is 6.54 Å². The van der Waals surface area contributed by atoms with E-state index in [1.165, 1.54) is 6.07 Å². The zero-order valence-electron chi connectivity index (χ0n) is 16.6. The van der Waals surface area contributed by atoms with E-state index in [0.717, 1.165) is 27.7 Å². The first kappa shape index (κ1) is 18.7. The van der Waals surface area contributed by atoms with Crippen molar-refractivity contribution in [1.29, 1.82) is 5.26 Å². The zero-order chi connectivity index (χ0) is 21.2. The molecular weight excluding hydrogens is 387 g/mol. The van der Waals surface area contributed by atoms with Gasteiger partial charge in [0.15, 0.2) is 18.9 Å². The minimum Gasteiger partial charge on any atom is -0.333 e. The van der Waals surface area contributed by atoms with Crippen molar-refractivity contribution >= 4 is 11.0 Å². The second-order valence-electron chi connectivity index (χ2n) is 7.34. The van der Waals surface area contributed by atoms with Crippen LogP contribution < -0.4 is 4.57 Å². The minimum absolute atomic E-state index is 0.299. The summed E-state index contributed by atoms with van der Waals surface area (Å²) in [6.07, 6.45) is 3.94. The van der Waals surface area contributed by atoms with Gasteiger partial charge in [0.25, 0.3) is 0 Å². The Balaban J connectivity index is 1.40. The summed E-state index contributed by atoms with van der Waals surface area (Å²) in [5.74, 6) is 0.221. The third kappa shape index (κ3) is 3.67. The first-order valence-electron chi connectivity index (χ1n) is 9.93. The van der Waals surface area contributed by atoms with Crippen molar-refractivity contribution in [1.82, 2.24) is 9.97 Å². The molecule has 0 saturated heterocycles. The van der Waals surface area contributed by atoms with Crippen molar-refractivity contribution < 1.29 is 8.96 Å². The van der Waals surface area contributed by atoms with Crippen molar-refractivity contribution in [3.63, 3.8) is 0 Å². The van der Waals surface area contributed by atoms with Crippen molar-refractivity contribution in [3.05, 3.63) is 108 Å². The molecule has 0 fully saturated rings. The number of nitrogens with one attached hydrogen (secondary N) is 1. The summed E-state index contributed by atoms with van der Waals surface area (Å²) in [7, 11) is 0. The number of H-pyrrole nitrogens is 1. The molecule has 1 N–H and O–H groups in total. The van der Waals surface area contributed by atoms with Gasteiger partial charge in [-0.05, 0) is 29.3 Å². The highest BCUT2D eigenvalue weighted by atomic mass is 19.1. The summed E-state index contributed by atoms with van der Waals surface area (Å²) < 4.78 is 16.1. The fraction of sp³-hybridized carbons (Fsp3) is 0.0385. The van der Waals surface area contributed by atoms with Crippen molar-refractivity contribution in [3.8, 4) is 28.6 Å². The molecule has 0 radical (unpaired) electrons. The van der Waals surface area contributed by atoms with Gasteiger partial charge in [0.1, 0.15) is 22.7 Å². The maximum atomic E-state index is 14.1. The van der Waals surface area contributed by atoms with Gasteiger partial charge in [-0.2, -0.15) is 9.83 Å². The topological polar surface area (TPSA) is 56.4 Å². The van der Waals surface area contributed by atoms with Crippen molar-refractivity contribution in [2.75, 3.05) is 0 Å². The van der Waals surface area contributed by atoms with E-state index < -0.39 is 0 Å². The van der Waals surface area contributed by atoms with Crippen LogP contribution in [0, 0.1) is 17.1 Å². The molecular formula is C26H18FN4+. The summed E-state index contributed by atoms with van der Waals surface area (Å²) in [6.45, 7) is 0.685. The molecule has 2 heterocycles. The van der Waals surface area contributed by atoms with E-state index in [2.05, 4.69) is 32.7 Å². The van der Waals surface area contributed by atoms with Crippen LogP contribution in [-0.2, 0) is 6.54 Å². The normalized spacial score (nSPS) is 10.8. The van der Waals surface area contributed by atoms with Gasteiger partial charge in [-0.3, -0.25) is 0 Å². The van der Waals surface area contributed by atoms with E-state index in [9.17, 15) is 9.65 Å². The summed E-state index contributed by atoms with van der Waals surface area (Å²) >= 11 is 0. The molecule has 0 aliphatic heterocycles. The average molecular weight is 405 g/mol. The number of pyridine rings is 1. The van der Waals surface area contributed by atoms with Gasteiger partial charge in [-0.25, -0.2) is 9.37 Å². The molecule has 0 aliphatic rings. The molecule has 5 rings (SSSR count). The third-order valence-electron chi connectivity index (χ3n) is 5.29. The minimum atomic E-state index is -0.299. The smallest absolute Gasteiger partial charge is 0.195 e. The van der Waals surface area contributed by atoms with E-state index >= 15 is 0 Å². The van der Waals surface area contributed by atoms with Crippen LogP contribution in [0.2, 0.25) is 0 Å². The van der Waals surface area contributed by atoms with Crippen LogP contribution >= 0.6 is 0 Å². The highest BCUT2D eigenvalue weighted by molar-refractivity contribution is 5.77. The molecule has 0 amide bonds.